The fourth-order valence-corrected chi connectivity index (χ4v) is 2.32. The number of fused-ring (bicyclic) bond motifs is 1. The number of hydrogen-bond donors (Lipinski definition) is 2. The van der Waals surface area contributed by atoms with E-state index >= 15 is 0 Å². The summed E-state index contributed by atoms with van der Waals surface area (Å²) in [5.41, 5.74) is 1.34. The van der Waals surface area contributed by atoms with Crippen LogP contribution in [0.2, 0.25) is 0 Å². The summed E-state index contributed by atoms with van der Waals surface area (Å²) >= 11 is 0. The maximum atomic E-state index is 13.8. The number of halogens is 2. The number of pyridine rings is 1. The molecule has 1 aromatic carbocycles. The second-order valence-electron chi connectivity index (χ2n) is 4.86. The molecule has 0 atom stereocenters. The predicted octanol–water partition coefficient (Wildman–Crippen LogP) is 3.47. The molecule has 5 nitrogen and oxygen atoms in total. The Morgan fingerprint density at radius 2 is 2.14 bits per heavy atom. The van der Waals surface area contributed by atoms with Crippen molar-refractivity contribution in [1.29, 1.82) is 0 Å². The van der Waals surface area contributed by atoms with Crippen molar-refractivity contribution in [3.05, 3.63) is 47.7 Å². The van der Waals surface area contributed by atoms with Gasteiger partial charge in [0, 0.05) is 24.0 Å². The number of nitrogens with one attached hydrogen (secondary N) is 2. The third-order valence-electron chi connectivity index (χ3n) is 3.52. The molecule has 1 aromatic heterocycles. The van der Waals surface area contributed by atoms with Crippen LogP contribution in [-0.4, -0.2) is 22.5 Å². The summed E-state index contributed by atoms with van der Waals surface area (Å²) in [4.78, 5) is 17.5. The number of carbonyl (C=O) groups is 1. The molecule has 0 spiro atoms. The summed E-state index contributed by atoms with van der Waals surface area (Å²) < 4.78 is 27.1. The average molecular weight is 304 g/mol. The van der Waals surface area contributed by atoms with Crippen LogP contribution in [0.3, 0.4) is 0 Å². The van der Waals surface area contributed by atoms with Gasteiger partial charge in [-0.1, -0.05) is 6.07 Å². The highest BCUT2D eigenvalue weighted by atomic mass is 19.2. The van der Waals surface area contributed by atoms with Crippen LogP contribution in [0.1, 0.15) is 12.5 Å². The molecule has 1 aliphatic heterocycles. The number of urea groups is 1. The topological polar surface area (TPSA) is 57.3 Å². The van der Waals surface area contributed by atoms with Crippen molar-refractivity contribution >= 4 is 23.2 Å². The first-order chi connectivity index (χ1) is 10.6. The number of hydrogen-bond acceptors (Lipinski definition) is 3. The second kappa shape index (κ2) is 5.59. The Morgan fingerprint density at radius 1 is 1.32 bits per heavy atom. The lowest BCUT2D eigenvalue weighted by atomic mass is 10.1. The highest BCUT2D eigenvalue weighted by molar-refractivity contribution is 5.92. The van der Waals surface area contributed by atoms with Gasteiger partial charge in [0.05, 0.1) is 12.2 Å². The van der Waals surface area contributed by atoms with Gasteiger partial charge < -0.3 is 10.2 Å². The first kappa shape index (κ1) is 14.2. The fraction of sp³-hybridized carbons (Fsp3) is 0.200. The number of rotatable bonds is 3. The van der Waals surface area contributed by atoms with Crippen LogP contribution < -0.4 is 10.6 Å². The van der Waals surface area contributed by atoms with E-state index in [1.807, 2.05) is 6.92 Å². The quantitative estimate of drug-likeness (QED) is 0.913. The number of carbonyl (C=O) groups excluding carboxylic acids is 1. The average Bonchev–Trinajstić information content (AvgIpc) is 2.51. The van der Waals surface area contributed by atoms with Gasteiger partial charge in [-0.25, -0.2) is 18.6 Å². The van der Waals surface area contributed by atoms with Gasteiger partial charge in [0.15, 0.2) is 11.6 Å². The maximum absolute atomic E-state index is 13.8. The number of amides is 2. The molecule has 2 aromatic rings. The predicted molar refractivity (Wildman–Crippen MR) is 79.0 cm³/mol. The summed E-state index contributed by atoms with van der Waals surface area (Å²) in [6.07, 6.45) is 1.50. The van der Waals surface area contributed by atoms with Crippen molar-refractivity contribution in [2.24, 2.45) is 0 Å². The van der Waals surface area contributed by atoms with E-state index in [1.54, 1.807) is 11.0 Å². The summed E-state index contributed by atoms with van der Waals surface area (Å²) in [7, 11) is 0. The molecule has 3 rings (SSSR count). The molecule has 7 heteroatoms. The number of benzene rings is 1. The fourth-order valence-electron chi connectivity index (χ4n) is 2.32. The minimum atomic E-state index is -0.944. The molecular formula is C15H14F2N4O. The van der Waals surface area contributed by atoms with E-state index in [0.717, 1.165) is 11.6 Å². The number of aromatic nitrogens is 1. The van der Waals surface area contributed by atoms with E-state index in [-0.39, 0.29) is 11.7 Å². The Balaban J connectivity index is 1.98. The largest absolute Gasteiger partial charge is 0.353 e. The minimum Gasteiger partial charge on any atom is -0.353 e. The monoisotopic (exact) mass is 304 g/mol. The van der Waals surface area contributed by atoms with E-state index in [0.29, 0.717) is 24.6 Å². The lowest BCUT2D eigenvalue weighted by Crippen LogP contribution is -2.39. The van der Waals surface area contributed by atoms with Gasteiger partial charge in [-0.05, 0) is 25.1 Å². The van der Waals surface area contributed by atoms with Gasteiger partial charge >= 0.3 is 6.03 Å². The second-order valence-corrected chi connectivity index (χ2v) is 4.86. The highest BCUT2D eigenvalue weighted by Crippen LogP contribution is 2.31. The lowest BCUT2D eigenvalue weighted by Gasteiger charge is -2.29. The van der Waals surface area contributed by atoms with E-state index in [9.17, 15) is 13.6 Å². The molecule has 114 valence electrons. The van der Waals surface area contributed by atoms with Crippen LogP contribution in [0.15, 0.2) is 30.5 Å². The summed E-state index contributed by atoms with van der Waals surface area (Å²) in [6.45, 7) is 2.75. The van der Waals surface area contributed by atoms with E-state index in [2.05, 4.69) is 15.6 Å². The van der Waals surface area contributed by atoms with E-state index in [1.165, 1.54) is 18.3 Å². The zero-order valence-corrected chi connectivity index (χ0v) is 11.9. The van der Waals surface area contributed by atoms with Crippen LogP contribution >= 0.6 is 0 Å². The number of anilines is 3. The summed E-state index contributed by atoms with van der Waals surface area (Å²) in [5, 5.41) is 5.55. The molecule has 0 saturated carbocycles. The van der Waals surface area contributed by atoms with Gasteiger partial charge in [-0.3, -0.25) is 5.32 Å². The molecule has 0 bridgehead atoms. The van der Waals surface area contributed by atoms with Crippen LogP contribution in [0.25, 0.3) is 0 Å². The third kappa shape index (κ3) is 2.45. The molecule has 0 saturated heterocycles. The summed E-state index contributed by atoms with van der Waals surface area (Å²) in [5.74, 6) is -1.44. The zero-order chi connectivity index (χ0) is 15.7. The molecular weight excluding hydrogens is 290 g/mol. The smallest absolute Gasteiger partial charge is 0.323 e. The normalized spacial score (nSPS) is 13.6. The molecule has 0 unspecified atom stereocenters. The SMILES string of the molecule is CCN1Cc2c(Nc3cccc(F)c3F)ccnc2NC1=O. The zero-order valence-electron chi connectivity index (χ0n) is 11.9. The summed E-state index contributed by atoms with van der Waals surface area (Å²) in [6, 6.07) is 5.37. The van der Waals surface area contributed by atoms with Gasteiger partial charge in [-0.15, -0.1) is 0 Å². The van der Waals surface area contributed by atoms with Crippen LogP contribution in [0, 0.1) is 11.6 Å². The van der Waals surface area contributed by atoms with Crippen LogP contribution in [-0.2, 0) is 6.54 Å². The Kier molecular flexibility index (Phi) is 3.62. The Morgan fingerprint density at radius 3 is 2.91 bits per heavy atom. The first-order valence-corrected chi connectivity index (χ1v) is 6.85. The molecule has 2 N–H and O–H groups in total. The molecule has 2 amide bonds. The minimum absolute atomic E-state index is 0.0355. The van der Waals surface area contributed by atoms with Crippen molar-refractivity contribution in [3.8, 4) is 0 Å². The lowest BCUT2D eigenvalue weighted by molar-refractivity contribution is 0.209. The standard InChI is InChI=1S/C15H14F2N4O/c1-2-21-8-9-11(6-7-18-14(9)20-15(21)22)19-12-5-3-4-10(16)13(12)17/h3-7H,2,8H2,1H3,(H2,18,19,20,22). The molecule has 0 radical (unpaired) electrons. The molecule has 0 aliphatic carbocycles. The van der Waals surface area contributed by atoms with Gasteiger partial charge in [0.25, 0.3) is 0 Å². The number of nitrogens with zero attached hydrogens (tertiary/aromatic N) is 2. The maximum Gasteiger partial charge on any atom is 0.323 e. The van der Waals surface area contributed by atoms with E-state index in [4.69, 9.17) is 0 Å². The molecule has 2 heterocycles. The van der Waals surface area contributed by atoms with Crippen LogP contribution in [0.4, 0.5) is 30.8 Å². The molecule has 22 heavy (non-hydrogen) atoms. The van der Waals surface area contributed by atoms with Crippen LogP contribution in [0.5, 0.6) is 0 Å². The van der Waals surface area contributed by atoms with Gasteiger partial charge in [0.2, 0.25) is 0 Å². The van der Waals surface area contributed by atoms with Gasteiger partial charge in [0.1, 0.15) is 5.82 Å². The Hall–Kier alpha value is -2.70. The molecule has 1 aliphatic rings. The van der Waals surface area contributed by atoms with Crippen molar-refractivity contribution in [2.45, 2.75) is 13.5 Å². The Bertz CT molecular complexity index is 735. The highest BCUT2D eigenvalue weighted by Gasteiger charge is 2.24. The van der Waals surface area contributed by atoms with Crippen molar-refractivity contribution in [3.63, 3.8) is 0 Å². The Labute approximate surface area is 126 Å². The van der Waals surface area contributed by atoms with Gasteiger partial charge in [-0.2, -0.15) is 0 Å². The first-order valence-electron chi connectivity index (χ1n) is 6.85. The third-order valence-corrected chi connectivity index (χ3v) is 3.52. The van der Waals surface area contributed by atoms with Crippen molar-refractivity contribution in [2.75, 3.05) is 17.2 Å². The van der Waals surface area contributed by atoms with Crippen molar-refractivity contribution < 1.29 is 13.6 Å². The van der Waals surface area contributed by atoms with Crippen molar-refractivity contribution in [1.82, 2.24) is 9.88 Å². The molecule has 0 fully saturated rings. The van der Waals surface area contributed by atoms with E-state index < -0.39 is 11.6 Å².